The quantitative estimate of drug-likeness (QED) is 0.545. The molecule has 0 aromatic carbocycles. The van der Waals surface area contributed by atoms with Gasteiger partial charge in [-0.25, -0.2) is 4.79 Å². The van der Waals surface area contributed by atoms with Crippen LogP contribution in [0.1, 0.15) is 67.8 Å². The van der Waals surface area contributed by atoms with Crippen LogP contribution in [0.5, 0.6) is 0 Å². The lowest BCUT2D eigenvalue weighted by Gasteiger charge is -2.26. The zero-order valence-corrected chi connectivity index (χ0v) is 18.3. The van der Waals surface area contributed by atoms with E-state index in [1.807, 2.05) is 25.1 Å². The zero-order chi connectivity index (χ0) is 22.5. The van der Waals surface area contributed by atoms with Gasteiger partial charge in [0.25, 0.3) is 0 Å². The topological polar surface area (TPSA) is 129 Å². The lowest BCUT2D eigenvalue weighted by molar-refractivity contribution is -0.115. The summed E-state index contributed by atoms with van der Waals surface area (Å²) in [6, 6.07) is 5.66. The highest BCUT2D eigenvalue weighted by atomic mass is 16.6. The van der Waals surface area contributed by atoms with Crippen LogP contribution in [-0.2, 0) is 16.0 Å². The van der Waals surface area contributed by atoms with Gasteiger partial charge in [-0.15, -0.1) is 0 Å². The van der Waals surface area contributed by atoms with Gasteiger partial charge >= 0.3 is 6.09 Å². The molecule has 0 unspecified atom stereocenters. The number of ether oxygens (including phenoxy) is 1. The van der Waals surface area contributed by atoms with Crippen LogP contribution in [0.25, 0.3) is 0 Å². The Labute approximate surface area is 187 Å². The number of hydrogen-bond acceptors (Lipinski definition) is 6. The largest absolute Gasteiger partial charge is 0.446 e. The number of aliphatic hydroxyl groups is 1. The molecule has 2 aromatic heterocycles. The molecule has 0 aliphatic heterocycles. The molecule has 2 amide bonds. The van der Waals surface area contributed by atoms with Crippen molar-refractivity contribution in [3.05, 3.63) is 41.3 Å². The molecule has 2 saturated carbocycles. The third-order valence-corrected chi connectivity index (χ3v) is 6.31. The Bertz CT molecular complexity index is 938. The SMILES string of the molecule is Cc1cc(CC(=O)Nc2cc([C@@H]3CC[C@H](OC(=O)N[C@H]4CC[C@@H](O)CC4)C3)[nH]n2)ccn1. The Kier molecular flexibility index (Phi) is 7.04. The number of nitrogens with zero attached hydrogens (tertiary/aromatic N) is 2. The van der Waals surface area contributed by atoms with Crippen LogP contribution in [-0.4, -0.2) is 50.5 Å². The van der Waals surface area contributed by atoms with Gasteiger partial charge in [0, 0.05) is 35.6 Å². The van der Waals surface area contributed by atoms with Crippen LogP contribution in [0.4, 0.5) is 10.6 Å². The number of nitrogens with one attached hydrogen (secondary N) is 3. The van der Waals surface area contributed by atoms with Crippen molar-refractivity contribution in [1.82, 2.24) is 20.5 Å². The molecule has 172 valence electrons. The van der Waals surface area contributed by atoms with Crippen LogP contribution in [0.15, 0.2) is 24.4 Å². The van der Waals surface area contributed by atoms with E-state index >= 15 is 0 Å². The second-order valence-corrected chi connectivity index (χ2v) is 8.93. The first kappa shape index (κ1) is 22.3. The predicted octanol–water partition coefficient (Wildman–Crippen LogP) is 2.96. The fourth-order valence-electron chi connectivity index (χ4n) is 4.60. The number of carbonyl (C=O) groups excluding carboxylic acids is 2. The molecule has 4 N–H and O–H groups in total. The summed E-state index contributed by atoms with van der Waals surface area (Å²) in [5.41, 5.74) is 2.72. The van der Waals surface area contributed by atoms with Gasteiger partial charge in [-0.3, -0.25) is 14.9 Å². The van der Waals surface area contributed by atoms with Crippen molar-refractivity contribution >= 4 is 17.8 Å². The summed E-state index contributed by atoms with van der Waals surface area (Å²) in [7, 11) is 0. The Morgan fingerprint density at radius 2 is 2.00 bits per heavy atom. The maximum Gasteiger partial charge on any atom is 0.407 e. The molecule has 4 rings (SSSR count). The standard InChI is InChI=1S/C23H31N5O4/c1-14-10-15(8-9-24-14)11-22(30)26-21-13-20(27-28-21)16-2-7-19(12-16)32-23(31)25-17-3-5-18(29)6-4-17/h8-10,13,16-19,29H,2-7,11-12H2,1H3,(H,25,31)(H2,26,27,28,30)/t16-,17-,18+,19+/m1/s1. The number of anilines is 1. The summed E-state index contributed by atoms with van der Waals surface area (Å²) in [6.07, 6.45) is 6.62. The molecule has 0 saturated heterocycles. The van der Waals surface area contributed by atoms with Crippen LogP contribution >= 0.6 is 0 Å². The van der Waals surface area contributed by atoms with Crippen molar-refractivity contribution in [2.24, 2.45) is 0 Å². The molecule has 2 atom stereocenters. The van der Waals surface area contributed by atoms with E-state index in [1.165, 1.54) is 0 Å². The number of alkyl carbamates (subject to hydrolysis) is 1. The van der Waals surface area contributed by atoms with E-state index < -0.39 is 0 Å². The molecule has 2 aromatic rings. The average molecular weight is 442 g/mol. The first-order valence-electron chi connectivity index (χ1n) is 11.4. The number of H-pyrrole nitrogens is 1. The van der Waals surface area contributed by atoms with Crippen LogP contribution in [0.2, 0.25) is 0 Å². The number of rotatable bonds is 6. The maximum atomic E-state index is 12.3. The fourth-order valence-corrected chi connectivity index (χ4v) is 4.60. The minimum absolute atomic E-state index is 0.0814. The molecule has 0 spiro atoms. The highest BCUT2D eigenvalue weighted by Crippen LogP contribution is 2.36. The van der Waals surface area contributed by atoms with E-state index in [2.05, 4.69) is 25.8 Å². The number of amides is 2. The highest BCUT2D eigenvalue weighted by molar-refractivity contribution is 5.91. The van der Waals surface area contributed by atoms with Crippen molar-refractivity contribution in [3.8, 4) is 0 Å². The summed E-state index contributed by atoms with van der Waals surface area (Å²) in [5.74, 6) is 0.573. The molecular weight excluding hydrogens is 410 g/mol. The predicted molar refractivity (Wildman–Crippen MR) is 118 cm³/mol. The first-order valence-corrected chi connectivity index (χ1v) is 11.4. The summed E-state index contributed by atoms with van der Waals surface area (Å²) < 4.78 is 5.62. The zero-order valence-electron chi connectivity index (χ0n) is 18.3. The summed E-state index contributed by atoms with van der Waals surface area (Å²) in [6.45, 7) is 1.89. The van der Waals surface area contributed by atoms with E-state index in [1.54, 1.807) is 6.20 Å². The monoisotopic (exact) mass is 441 g/mol. The van der Waals surface area contributed by atoms with Gasteiger partial charge in [0.15, 0.2) is 5.82 Å². The number of carbonyl (C=O) groups is 2. The van der Waals surface area contributed by atoms with Crippen LogP contribution < -0.4 is 10.6 Å². The number of aryl methyl sites for hydroxylation is 1. The lowest BCUT2D eigenvalue weighted by atomic mass is 9.93. The van der Waals surface area contributed by atoms with Crippen LogP contribution in [0.3, 0.4) is 0 Å². The van der Waals surface area contributed by atoms with Gasteiger partial charge in [-0.2, -0.15) is 5.10 Å². The molecule has 9 heteroatoms. The van der Waals surface area contributed by atoms with E-state index in [0.717, 1.165) is 61.9 Å². The number of aromatic nitrogens is 3. The average Bonchev–Trinajstić information content (AvgIpc) is 3.39. The van der Waals surface area contributed by atoms with Gasteiger partial charge in [0.05, 0.1) is 12.5 Å². The third kappa shape index (κ3) is 6.06. The normalized spacial score (nSPS) is 25.3. The Balaban J connectivity index is 1.22. The molecule has 32 heavy (non-hydrogen) atoms. The molecule has 0 radical (unpaired) electrons. The first-order chi connectivity index (χ1) is 15.4. The minimum Gasteiger partial charge on any atom is -0.446 e. The van der Waals surface area contributed by atoms with Crippen LogP contribution in [0, 0.1) is 6.92 Å². The van der Waals surface area contributed by atoms with Gasteiger partial charge in [0.1, 0.15) is 6.10 Å². The van der Waals surface area contributed by atoms with Gasteiger partial charge in [-0.1, -0.05) is 0 Å². The number of aromatic amines is 1. The Morgan fingerprint density at radius 3 is 2.78 bits per heavy atom. The number of hydrogen-bond donors (Lipinski definition) is 4. The molecule has 2 aliphatic carbocycles. The van der Waals surface area contributed by atoms with Crippen molar-refractivity contribution in [2.45, 2.75) is 82.5 Å². The lowest BCUT2D eigenvalue weighted by Crippen LogP contribution is -2.40. The van der Waals surface area contributed by atoms with Crippen molar-refractivity contribution in [2.75, 3.05) is 5.32 Å². The smallest absolute Gasteiger partial charge is 0.407 e. The Morgan fingerprint density at radius 1 is 1.19 bits per heavy atom. The highest BCUT2D eigenvalue weighted by Gasteiger charge is 2.31. The molecule has 2 aliphatic rings. The fraction of sp³-hybridized carbons (Fsp3) is 0.565. The second kappa shape index (κ2) is 10.1. The van der Waals surface area contributed by atoms with E-state index in [0.29, 0.717) is 5.82 Å². The molecule has 0 bridgehead atoms. The summed E-state index contributed by atoms with van der Waals surface area (Å²) in [5, 5.41) is 22.6. The van der Waals surface area contributed by atoms with Gasteiger partial charge in [0.2, 0.25) is 5.91 Å². The molecular formula is C23H31N5O4. The van der Waals surface area contributed by atoms with Crippen molar-refractivity contribution < 1.29 is 19.4 Å². The third-order valence-electron chi connectivity index (χ3n) is 6.31. The van der Waals surface area contributed by atoms with Gasteiger partial charge in [-0.05, 0) is 69.6 Å². The summed E-state index contributed by atoms with van der Waals surface area (Å²) in [4.78, 5) is 28.7. The molecule has 9 nitrogen and oxygen atoms in total. The molecule has 2 heterocycles. The van der Waals surface area contributed by atoms with Gasteiger partial charge < -0.3 is 20.5 Å². The Hall–Kier alpha value is -2.94. The molecule has 2 fully saturated rings. The van der Waals surface area contributed by atoms with E-state index in [4.69, 9.17) is 4.74 Å². The second-order valence-electron chi connectivity index (χ2n) is 8.93. The van der Waals surface area contributed by atoms with Crippen molar-refractivity contribution in [1.29, 1.82) is 0 Å². The minimum atomic E-state index is -0.374. The van der Waals surface area contributed by atoms with E-state index in [9.17, 15) is 14.7 Å². The van der Waals surface area contributed by atoms with E-state index in [-0.39, 0.29) is 42.6 Å². The number of aliphatic hydroxyl groups excluding tert-OH is 1. The van der Waals surface area contributed by atoms with Crippen molar-refractivity contribution in [3.63, 3.8) is 0 Å². The number of pyridine rings is 1. The summed E-state index contributed by atoms with van der Waals surface area (Å²) >= 11 is 0. The maximum absolute atomic E-state index is 12.3.